The van der Waals surface area contributed by atoms with E-state index in [0.29, 0.717) is 13.0 Å². The van der Waals surface area contributed by atoms with Gasteiger partial charge in [0.05, 0.1) is 26.4 Å². The van der Waals surface area contributed by atoms with E-state index in [1.807, 2.05) is 0 Å². The molecule has 0 bridgehead atoms. The van der Waals surface area contributed by atoms with Crippen LogP contribution in [0.25, 0.3) is 0 Å². The minimum Gasteiger partial charge on any atom is -0.457 e. The van der Waals surface area contributed by atoms with Crippen molar-refractivity contribution in [2.45, 2.75) is 216 Å². The fourth-order valence-electron chi connectivity index (χ4n) is 7.31. The molecule has 7 N–H and O–H groups in total. The number of esters is 1. The van der Waals surface area contributed by atoms with Gasteiger partial charge in [-0.15, -0.1) is 0 Å². The smallest absolute Gasteiger partial charge is 0.306 e. The second-order valence-electron chi connectivity index (χ2n) is 16.9. The number of carbonyl (C=O) groups excluding carboxylic acids is 1. The van der Waals surface area contributed by atoms with E-state index in [1.54, 1.807) is 0 Å². The van der Waals surface area contributed by atoms with E-state index >= 15 is 0 Å². The zero-order chi connectivity index (χ0) is 46.6. The maximum atomic E-state index is 12.9. The minimum absolute atomic E-state index is 0.0497. The van der Waals surface area contributed by atoms with Crippen LogP contribution in [0.1, 0.15) is 149 Å². The largest absolute Gasteiger partial charge is 0.457 e. The van der Waals surface area contributed by atoms with Crippen LogP contribution >= 0.6 is 0 Å². The maximum absolute atomic E-state index is 12.9. The number of hydrogen-bond donors (Lipinski definition) is 7. The summed E-state index contributed by atoms with van der Waals surface area (Å²) in [5, 5.41) is 71.9. The second-order valence-corrected chi connectivity index (χ2v) is 16.9. The van der Waals surface area contributed by atoms with Crippen molar-refractivity contribution >= 4 is 5.97 Å². The van der Waals surface area contributed by atoms with E-state index in [0.717, 1.165) is 89.9 Å². The summed E-state index contributed by atoms with van der Waals surface area (Å²) < 4.78 is 34.1. The van der Waals surface area contributed by atoms with Crippen molar-refractivity contribution in [3.05, 3.63) is 60.8 Å². The zero-order valence-corrected chi connectivity index (χ0v) is 39.0. The molecule has 0 spiro atoms. The highest BCUT2D eigenvalue weighted by molar-refractivity contribution is 5.69. The van der Waals surface area contributed by atoms with E-state index in [-0.39, 0.29) is 25.6 Å². The molecule has 2 rings (SSSR count). The van der Waals surface area contributed by atoms with Gasteiger partial charge in [-0.3, -0.25) is 4.79 Å². The minimum atomic E-state index is -1.71. The predicted molar refractivity (Wildman–Crippen MR) is 247 cm³/mol. The third-order valence-corrected chi connectivity index (χ3v) is 11.3. The molecule has 0 radical (unpaired) electrons. The molecule has 0 aromatic heterocycles. The number of allylic oxidation sites excluding steroid dienone is 10. The molecule has 370 valence electrons. The van der Waals surface area contributed by atoms with E-state index < -0.39 is 80.7 Å². The average molecular weight is 911 g/mol. The number of aliphatic hydroxyl groups excluding tert-OH is 7. The highest BCUT2D eigenvalue weighted by Crippen LogP contribution is 2.26. The van der Waals surface area contributed by atoms with Crippen molar-refractivity contribution in [3.8, 4) is 0 Å². The van der Waals surface area contributed by atoms with Crippen LogP contribution in [0.2, 0.25) is 0 Å². The Morgan fingerprint density at radius 2 is 1.02 bits per heavy atom. The summed E-state index contributed by atoms with van der Waals surface area (Å²) in [7, 11) is 0. The second kappa shape index (κ2) is 37.7. The SMILES string of the molecule is CC/C=C\C/C=C\C/C=C\C/C=C\C/C=C\CCCCCCCCOCC(COC1OC(COC2OC(CO)C(O)C(O)C2O)C(O)C(O)C1O)OC(=O)CCCCCCCCCC. The van der Waals surface area contributed by atoms with Crippen LogP contribution in [0.5, 0.6) is 0 Å². The summed E-state index contributed by atoms with van der Waals surface area (Å²) in [6.07, 6.45) is 27.3. The Balaban J connectivity index is 1.73. The molecule has 2 saturated heterocycles. The van der Waals surface area contributed by atoms with Gasteiger partial charge in [-0.05, 0) is 57.8 Å². The fourth-order valence-corrected chi connectivity index (χ4v) is 7.31. The molecule has 2 fully saturated rings. The topological polar surface area (TPSA) is 214 Å². The third kappa shape index (κ3) is 25.6. The van der Waals surface area contributed by atoms with Gasteiger partial charge in [0.25, 0.3) is 0 Å². The van der Waals surface area contributed by atoms with Gasteiger partial charge in [-0.2, -0.15) is 0 Å². The molecule has 0 saturated carbocycles. The zero-order valence-electron chi connectivity index (χ0n) is 39.0. The Kier molecular flexibility index (Phi) is 34.1. The first-order valence-corrected chi connectivity index (χ1v) is 24.4. The van der Waals surface area contributed by atoms with Gasteiger partial charge >= 0.3 is 5.97 Å². The lowest BCUT2D eigenvalue weighted by atomic mass is 9.98. The Morgan fingerprint density at radius 3 is 1.59 bits per heavy atom. The van der Waals surface area contributed by atoms with Crippen molar-refractivity contribution in [2.24, 2.45) is 0 Å². The Morgan fingerprint density at radius 1 is 0.531 bits per heavy atom. The lowest BCUT2D eigenvalue weighted by Crippen LogP contribution is -2.61. The fraction of sp³-hybridized carbons (Fsp3) is 0.780. The summed E-state index contributed by atoms with van der Waals surface area (Å²) in [4.78, 5) is 12.9. The standard InChI is InChI=1S/C50H86O14/c1-3-5-7-9-11-13-14-15-16-17-18-19-20-21-22-23-24-25-26-28-30-32-34-59-36-39(62-42(52)33-31-29-27-12-10-8-6-4-2)37-60-49-48(58)46(56)44(54)41(64-49)38-61-50-47(57)45(55)43(53)40(35-51)63-50/h5,7,11,13,15-16,18-19,21-22,39-41,43-51,53-58H,3-4,6,8-10,12,14,17,20,23-38H2,1-2H3/b7-5-,13-11-,16-15-,19-18-,22-21-. The van der Waals surface area contributed by atoms with Crippen LogP contribution in [-0.4, -0.2) is 142 Å². The summed E-state index contributed by atoms with van der Waals surface area (Å²) in [6.45, 7) is 3.48. The molecular weight excluding hydrogens is 825 g/mol. The van der Waals surface area contributed by atoms with E-state index in [1.165, 1.54) is 32.1 Å². The van der Waals surface area contributed by atoms with Gasteiger partial charge in [0.1, 0.15) is 54.9 Å². The molecule has 11 atom stereocenters. The number of hydrogen-bond acceptors (Lipinski definition) is 14. The maximum Gasteiger partial charge on any atom is 0.306 e. The highest BCUT2D eigenvalue weighted by Gasteiger charge is 2.47. The molecule has 0 aromatic rings. The number of ether oxygens (including phenoxy) is 6. The van der Waals surface area contributed by atoms with Crippen molar-refractivity contribution in [3.63, 3.8) is 0 Å². The van der Waals surface area contributed by atoms with Crippen LogP contribution in [0, 0.1) is 0 Å². The predicted octanol–water partition coefficient (Wildman–Crippen LogP) is 6.57. The van der Waals surface area contributed by atoms with Crippen molar-refractivity contribution in [2.75, 3.05) is 33.0 Å². The van der Waals surface area contributed by atoms with Crippen LogP contribution in [0.15, 0.2) is 60.8 Å². The van der Waals surface area contributed by atoms with Crippen LogP contribution in [-0.2, 0) is 33.2 Å². The van der Waals surface area contributed by atoms with Gasteiger partial charge in [-0.25, -0.2) is 0 Å². The van der Waals surface area contributed by atoms with Crippen molar-refractivity contribution in [1.82, 2.24) is 0 Å². The lowest BCUT2D eigenvalue weighted by molar-refractivity contribution is -0.332. The van der Waals surface area contributed by atoms with Gasteiger partial charge in [0.2, 0.25) is 0 Å². The molecule has 0 aromatic carbocycles. The molecule has 11 unspecified atom stereocenters. The van der Waals surface area contributed by atoms with Crippen LogP contribution < -0.4 is 0 Å². The molecular formula is C50H86O14. The Labute approximate surface area is 384 Å². The molecule has 0 amide bonds. The summed E-state index contributed by atoms with van der Waals surface area (Å²) in [5.74, 6) is -0.390. The summed E-state index contributed by atoms with van der Waals surface area (Å²) >= 11 is 0. The highest BCUT2D eigenvalue weighted by atomic mass is 16.7. The van der Waals surface area contributed by atoms with Crippen LogP contribution in [0.4, 0.5) is 0 Å². The lowest BCUT2D eigenvalue weighted by Gasteiger charge is -2.42. The first-order chi connectivity index (χ1) is 31.1. The van der Waals surface area contributed by atoms with Crippen LogP contribution in [0.3, 0.4) is 0 Å². The van der Waals surface area contributed by atoms with Gasteiger partial charge in [0, 0.05) is 13.0 Å². The normalized spacial score (nSPS) is 27.3. The Hall–Kier alpha value is -2.31. The number of carbonyl (C=O) groups is 1. The van der Waals surface area contributed by atoms with Gasteiger partial charge in [0.15, 0.2) is 12.6 Å². The van der Waals surface area contributed by atoms with Gasteiger partial charge in [-0.1, -0.05) is 145 Å². The summed E-state index contributed by atoms with van der Waals surface area (Å²) in [6, 6.07) is 0. The van der Waals surface area contributed by atoms with Crippen molar-refractivity contribution < 1.29 is 69.0 Å². The quantitative estimate of drug-likeness (QED) is 0.0200. The van der Waals surface area contributed by atoms with Crippen molar-refractivity contribution in [1.29, 1.82) is 0 Å². The monoisotopic (exact) mass is 911 g/mol. The van der Waals surface area contributed by atoms with Gasteiger partial charge < -0.3 is 64.2 Å². The average Bonchev–Trinajstić information content (AvgIpc) is 3.29. The van der Waals surface area contributed by atoms with E-state index in [2.05, 4.69) is 74.6 Å². The Bertz CT molecular complexity index is 1290. The first kappa shape index (κ1) is 57.8. The third-order valence-electron chi connectivity index (χ3n) is 11.3. The number of rotatable bonds is 37. The molecule has 2 heterocycles. The van der Waals surface area contributed by atoms with E-state index in [9.17, 15) is 40.5 Å². The molecule has 2 aliphatic heterocycles. The molecule has 0 aliphatic carbocycles. The molecule has 14 nitrogen and oxygen atoms in total. The number of aliphatic hydroxyl groups is 7. The molecule has 14 heteroatoms. The first-order valence-electron chi connectivity index (χ1n) is 24.4. The molecule has 64 heavy (non-hydrogen) atoms. The molecule has 2 aliphatic rings. The van der Waals surface area contributed by atoms with E-state index in [4.69, 9.17) is 28.4 Å². The number of unbranched alkanes of at least 4 members (excludes halogenated alkanes) is 13. The summed E-state index contributed by atoms with van der Waals surface area (Å²) in [5.41, 5.74) is 0.